The second-order valence-electron chi connectivity index (χ2n) is 5.75. The Morgan fingerprint density at radius 2 is 1.78 bits per heavy atom. The van der Waals surface area contributed by atoms with Crippen molar-refractivity contribution in [2.75, 3.05) is 5.73 Å². The molecule has 0 aliphatic carbocycles. The van der Waals surface area contributed by atoms with Gasteiger partial charge in [0, 0.05) is 17.7 Å². The van der Waals surface area contributed by atoms with Crippen molar-refractivity contribution in [2.24, 2.45) is 0 Å². The van der Waals surface area contributed by atoms with Gasteiger partial charge in [0.15, 0.2) is 5.75 Å². The Balaban J connectivity index is 1.66. The fraction of sp³-hybridized carbons (Fsp3) is 0.0455. The van der Waals surface area contributed by atoms with Gasteiger partial charge in [0.2, 0.25) is 0 Å². The molecule has 0 unspecified atom stereocenters. The zero-order chi connectivity index (χ0) is 19.1. The molecule has 0 bridgehead atoms. The van der Waals surface area contributed by atoms with E-state index in [0.717, 1.165) is 5.56 Å². The normalized spacial score (nSPS) is 10.7. The quantitative estimate of drug-likeness (QED) is 0.382. The maximum Gasteiger partial charge on any atom is 0.331 e. The number of ether oxygens (including phenoxy) is 2. The minimum atomic E-state index is -0.477. The average Bonchev–Trinajstić information content (AvgIpc) is 2.68. The van der Waals surface area contributed by atoms with E-state index in [1.807, 2.05) is 30.3 Å². The molecule has 0 fully saturated rings. The lowest BCUT2D eigenvalue weighted by molar-refractivity contribution is -0.138. The number of nitrogens with two attached hydrogens (primary N) is 1. The van der Waals surface area contributed by atoms with Crippen molar-refractivity contribution in [2.45, 2.75) is 6.61 Å². The lowest BCUT2D eigenvalue weighted by atomic mass is 10.1. The SMILES string of the molecule is Nc1c(C=CC(=O)OCc2ccccc2)cccc1Oc1cccc(F)c1. The van der Waals surface area contributed by atoms with E-state index in [2.05, 4.69) is 0 Å². The maximum atomic E-state index is 13.3. The third kappa shape index (κ3) is 5.19. The maximum absolute atomic E-state index is 13.3. The number of para-hydroxylation sites is 1. The number of anilines is 1. The molecule has 136 valence electrons. The highest BCUT2D eigenvalue weighted by atomic mass is 19.1. The summed E-state index contributed by atoms with van der Waals surface area (Å²) >= 11 is 0. The number of benzene rings is 3. The van der Waals surface area contributed by atoms with Gasteiger partial charge in [0.05, 0.1) is 5.69 Å². The summed E-state index contributed by atoms with van der Waals surface area (Å²) < 4.78 is 24.1. The molecule has 0 aliphatic heterocycles. The third-order valence-corrected chi connectivity index (χ3v) is 3.75. The molecule has 4 nitrogen and oxygen atoms in total. The lowest BCUT2D eigenvalue weighted by Gasteiger charge is -2.10. The first-order valence-corrected chi connectivity index (χ1v) is 8.32. The van der Waals surface area contributed by atoms with E-state index in [0.29, 0.717) is 22.7 Å². The van der Waals surface area contributed by atoms with E-state index in [1.54, 1.807) is 36.4 Å². The number of nitrogen functional groups attached to an aromatic ring is 1. The van der Waals surface area contributed by atoms with Crippen molar-refractivity contribution in [3.63, 3.8) is 0 Å². The summed E-state index contributed by atoms with van der Waals surface area (Å²) in [6.45, 7) is 0.197. The molecule has 0 heterocycles. The Morgan fingerprint density at radius 1 is 1.00 bits per heavy atom. The summed E-state index contributed by atoms with van der Waals surface area (Å²) in [6, 6.07) is 20.3. The Kier molecular flexibility index (Phi) is 5.84. The Morgan fingerprint density at radius 3 is 2.56 bits per heavy atom. The van der Waals surface area contributed by atoms with Crippen LogP contribution in [0, 0.1) is 5.82 Å². The topological polar surface area (TPSA) is 61.6 Å². The van der Waals surface area contributed by atoms with Gasteiger partial charge in [0.25, 0.3) is 0 Å². The van der Waals surface area contributed by atoms with Crippen LogP contribution >= 0.6 is 0 Å². The highest BCUT2D eigenvalue weighted by Crippen LogP contribution is 2.30. The van der Waals surface area contributed by atoms with Gasteiger partial charge in [-0.15, -0.1) is 0 Å². The molecule has 3 rings (SSSR count). The van der Waals surface area contributed by atoms with Crippen molar-refractivity contribution in [3.8, 4) is 11.5 Å². The van der Waals surface area contributed by atoms with Crippen molar-refractivity contribution < 1.29 is 18.7 Å². The van der Waals surface area contributed by atoms with Crippen LogP contribution in [0.2, 0.25) is 0 Å². The fourth-order valence-electron chi connectivity index (χ4n) is 2.39. The van der Waals surface area contributed by atoms with E-state index in [4.69, 9.17) is 15.2 Å². The summed E-state index contributed by atoms with van der Waals surface area (Å²) in [5.41, 5.74) is 7.94. The summed E-state index contributed by atoms with van der Waals surface area (Å²) in [6.07, 6.45) is 2.86. The van der Waals surface area contributed by atoms with Crippen LogP contribution in [0.5, 0.6) is 11.5 Å². The van der Waals surface area contributed by atoms with Crippen LogP contribution in [0.4, 0.5) is 10.1 Å². The van der Waals surface area contributed by atoms with Crippen LogP contribution in [0.15, 0.2) is 78.9 Å². The van der Waals surface area contributed by atoms with Crippen molar-refractivity contribution in [3.05, 3.63) is 95.8 Å². The largest absolute Gasteiger partial charge is 0.458 e. The third-order valence-electron chi connectivity index (χ3n) is 3.75. The van der Waals surface area contributed by atoms with E-state index < -0.39 is 11.8 Å². The van der Waals surface area contributed by atoms with Crippen LogP contribution in [0.25, 0.3) is 6.08 Å². The number of halogens is 1. The van der Waals surface area contributed by atoms with E-state index in [-0.39, 0.29) is 6.61 Å². The van der Waals surface area contributed by atoms with Crippen molar-refractivity contribution >= 4 is 17.7 Å². The van der Waals surface area contributed by atoms with Gasteiger partial charge in [-0.1, -0.05) is 48.5 Å². The molecule has 3 aromatic carbocycles. The molecule has 0 radical (unpaired) electrons. The predicted molar refractivity (Wildman–Crippen MR) is 103 cm³/mol. The molecule has 0 saturated carbocycles. The number of esters is 1. The van der Waals surface area contributed by atoms with E-state index in [1.165, 1.54) is 18.2 Å². The zero-order valence-electron chi connectivity index (χ0n) is 14.5. The summed E-state index contributed by atoms with van der Waals surface area (Å²) in [4.78, 5) is 11.9. The predicted octanol–water partition coefficient (Wildman–Crippen LogP) is 4.96. The molecule has 0 saturated heterocycles. The Labute approximate surface area is 156 Å². The summed E-state index contributed by atoms with van der Waals surface area (Å²) in [7, 11) is 0. The first-order chi connectivity index (χ1) is 13.1. The molecular weight excluding hydrogens is 345 g/mol. The van der Waals surface area contributed by atoms with Crippen molar-refractivity contribution in [1.29, 1.82) is 0 Å². The number of hydrogen-bond donors (Lipinski definition) is 1. The number of carbonyl (C=O) groups excluding carboxylic acids is 1. The van der Waals surface area contributed by atoms with Gasteiger partial charge < -0.3 is 15.2 Å². The molecule has 0 aromatic heterocycles. The summed E-state index contributed by atoms with van der Waals surface area (Å²) in [5, 5.41) is 0. The van der Waals surface area contributed by atoms with Gasteiger partial charge in [-0.05, 0) is 29.8 Å². The Hall–Kier alpha value is -3.60. The minimum Gasteiger partial charge on any atom is -0.458 e. The molecule has 3 aromatic rings. The summed E-state index contributed by atoms with van der Waals surface area (Å²) in [5.74, 6) is -0.163. The zero-order valence-corrected chi connectivity index (χ0v) is 14.5. The van der Waals surface area contributed by atoms with Crippen molar-refractivity contribution in [1.82, 2.24) is 0 Å². The van der Waals surface area contributed by atoms with Crippen LogP contribution in [-0.4, -0.2) is 5.97 Å². The highest BCUT2D eigenvalue weighted by molar-refractivity contribution is 5.88. The van der Waals surface area contributed by atoms with Crippen LogP contribution in [-0.2, 0) is 16.1 Å². The second kappa shape index (κ2) is 8.67. The molecule has 27 heavy (non-hydrogen) atoms. The molecule has 0 amide bonds. The van der Waals surface area contributed by atoms with Gasteiger partial charge in [-0.2, -0.15) is 0 Å². The molecule has 2 N–H and O–H groups in total. The molecule has 0 aliphatic rings. The Bertz CT molecular complexity index is 955. The average molecular weight is 363 g/mol. The number of hydrogen-bond acceptors (Lipinski definition) is 4. The van der Waals surface area contributed by atoms with Gasteiger partial charge in [-0.25, -0.2) is 9.18 Å². The lowest BCUT2D eigenvalue weighted by Crippen LogP contribution is -2.01. The highest BCUT2D eigenvalue weighted by Gasteiger charge is 2.07. The van der Waals surface area contributed by atoms with E-state index in [9.17, 15) is 9.18 Å². The van der Waals surface area contributed by atoms with Gasteiger partial charge >= 0.3 is 5.97 Å². The number of rotatable bonds is 6. The first-order valence-electron chi connectivity index (χ1n) is 8.32. The minimum absolute atomic E-state index is 0.197. The monoisotopic (exact) mass is 363 g/mol. The molecule has 0 spiro atoms. The molecule has 5 heteroatoms. The van der Waals surface area contributed by atoms with Crippen LogP contribution < -0.4 is 10.5 Å². The standard InChI is InChI=1S/C22H18FNO3/c23-18-9-5-10-19(14-18)27-20-11-4-8-17(22(20)24)12-13-21(25)26-15-16-6-2-1-3-7-16/h1-14H,15,24H2. The van der Waals surface area contributed by atoms with Crippen LogP contribution in [0.1, 0.15) is 11.1 Å². The molecule has 0 atom stereocenters. The van der Waals surface area contributed by atoms with E-state index >= 15 is 0 Å². The second-order valence-corrected chi connectivity index (χ2v) is 5.75. The fourth-order valence-corrected chi connectivity index (χ4v) is 2.39. The number of carbonyl (C=O) groups is 1. The van der Waals surface area contributed by atoms with Crippen LogP contribution in [0.3, 0.4) is 0 Å². The van der Waals surface area contributed by atoms with Gasteiger partial charge in [0.1, 0.15) is 18.2 Å². The molecular formula is C22H18FNO3. The smallest absolute Gasteiger partial charge is 0.331 e. The first kappa shape index (κ1) is 18.2. The van der Waals surface area contributed by atoms with Gasteiger partial charge in [-0.3, -0.25) is 0 Å².